The maximum atomic E-state index is 15.4. The first kappa shape index (κ1) is 18.1. The summed E-state index contributed by atoms with van der Waals surface area (Å²) in [7, 11) is 3.29. The summed E-state index contributed by atoms with van der Waals surface area (Å²) in [6.45, 7) is 0.374. The first-order chi connectivity index (χ1) is 12.0. The van der Waals surface area contributed by atoms with Gasteiger partial charge in [0.2, 0.25) is 5.67 Å². The van der Waals surface area contributed by atoms with Crippen molar-refractivity contribution < 1.29 is 23.8 Å². The second-order valence-electron chi connectivity index (χ2n) is 7.09. The van der Waals surface area contributed by atoms with Crippen LogP contribution in [0.5, 0.6) is 5.75 Å². The zero-order valence-electron chi connectivity index (χ0n) is 14.8. The predicted molar refractivity (Wildman–Crippen MR) is 91.8 cm³/mol. The number of nitrogens with zero attached hydrogens (tertiary/aromatic N) is 1. The summed E-state index contributed by atoms with van der Waals surface area (Å²) in [5.74, 6) is -1.37. The summed E-state index contributed by atoms with van der Waals surface area (Å²) >= 11 is 0. The van der Waals surface area contributed by atoms with Crippen LogP contribution in [0.1, 0.15) is 37.2 Å². The first-order valence-electron chi connectivity index (χ1n) is 8.81. The number of carboxylic acids is 1. The number of carboxylic acid groups (broad SMARTS) is 1. The molecule has 1 aromatic carbocycles. The molecule has 6 heteroatoms. The number of benzene rings is 1. The molecule has 138 valence electrons. The number of hydrogen-bond donors (Lipinski definition) is 1. The normalized spacial score (nSPS) is 33.3. The van der Waals surface area contributed by atoms with Gasteiger partial charge in [-0.2, -0.15) is 0 Å². The SMILES string of the molecule is COc1ccc([C@@H]2CN([C@H]3CC[C@H](OC)CC3)C[C@@]2(F)C(=O)O)cc1. The van der Waals surface area contributed by atoms with Crippen molar-refractivity contribution in [2.75, 3.05) is 27.3 Å². The molecule has 3 rings (SSSR count). The number of ether oxygens (including phenoxy) is 2. The van der Waals surface area contributed by atoms with Crippen molar-refractivity contribution >= 4 is 5.97 Å². The number of hydrogen-bond acceptors (Lipinski definition) is 4. The van der Waals surface area contributed by atoms with Gasteiger partial charge >= 0.3 is 5.97 Å². The Bertz CT molecular complexity index is 600. The van der Waals surface area contributed by atoms with E-state index in [0.717, 1.165) is 25.7 Å². The van der Waals surface area contributed by atoms with E-state index in [1.54, 1.807) is 38.5 Å². The molecule has 25 heavy (non-hydrogen) atoms. The van der Waals surface area contributed by atoms with Crippen molar-refractivity contribution in [1.82, 2.24) is 4.90 Å². The molecule has 0 unspecified atom stereocenters. The third-order valence-corrected chi connectivity index (χ3v) is 5.77. The lowest BCUT2D eigenvalue weighted by Gasteiger charge is -2.34. The Labute approximate surface area is 147 Å². The fourth-order valence-electron chi connectivity index (χ4n) is 4.20. The molecule has 1 heterocycles. The van der Waals surface area contributed by atoms with Crippen LogP contribution >= 0.6 is 0 Å². The van der Waals surface area contributed by atoms with Gasteiger partial charge in [0.05, 0.1) is 13.2 Å². The van der Waals surface area contributed by atoms with Crippen LogP contribution in [0.3, 0.4) is 0 Å². The second-order valence-corrected chi connectivity index (χ2v) is 7.09. The van der Waals surface area contributed by atoms with E-state index in [4.69, 9.17) is 9.47 Å². The van der Waals surface area contributed by atoms with Gasteiger partial charge in [-0.05, 0) is 43.4 Å². The zero-order chi connectivity index (χ0) is 18.0. The van der Waals surface area contributed by atoms with E-state index in [2.05, 4.69) is 0 Å². The lowest BCUT2D eigenvalue weighted by molar-refractivity contribution is -0.151. The number of carbonyl (C=O) groups is 1. The molecule has 0 amide bonds. The molecule has 1 saturated heterocycles. The van der Waals surface area contributed by atoms with Gasteiger partial charge < -0.3 is 14.6 Å². The number of methoxy groups -OCH3 is 2. The topological polar surface area (TPSA) is 59.0 Å². The third kappa shape index (κ3) is 3.51. The summed E-state index contributed by atoms with van der Waals surface area (Å²) in [5.41, 5.74) is -1.55. The molecule has 1 N–H and O–H groups in total. The average molecular weight is 351 g/mol. The van der Waals surface area contributed by atoms with Crippen LogP contribution in [-0.2, 0) is 9.53 Å². The lowest BCUT2D eigenvalue weighted by Crippen LogP contribution is -2.43. The smallest absolute Gasteiger partial charge is 0.343 e. The minimum absolute atomic E-state index is 0.0542. The molecule has 2 fully saturated rings. The van der Waals surface area contributed by atoms with E-state index in [0.29, 0.717) is 17.9 Å². The van der Waals surface area contributed by atoms with E-state index in [9.17, 15) is 9.90 Å². The Morgan fingerprint density at radius 2 is 1.84 bits per heavy atom. The molecule has 1 saturated carbocycles. The molecule has 0 bridgehead atoms. The van der Waals surface area contributed by atoms with Gasteiger partial charge in [-0.1, -0.05) is 12.1 Å². The van der Waals surface area contributed by atoms with E-state index in [-0.39, 0.29) is 18.7 Å². The van der Waals surface area contributed by atoms with Crippen LogP contribution in [0, 0.1) is 0 Å². The van der Waals surface area contributed by atoms with E-state index in [1.165, 1.54) is 0 Å². The zero-order valence-corrected chi connectivity index (χ0v) is 14.8. The molecule has 1 aliphatic carbocycles. The highest BCUT2D eigenvalue weighted by Crippen LogP contribution is 2.42. The number of halogens is 1. The van der Waals surface area contributed by atoms with Crippen LogP contribution in [0.4, 0.5) is 4.39 Å². The van der Waals surface area contributed by atoms with Crippen LogP contribution in [0.2, 0.25) is 0 Å². The van der Waals surface area contributed by atoms with Gasteiger partial charge in [-0.25, -0.2) is 9.18 Å². The number of rotatable bonds is 5. The summed E-state index contributed by atoms with van der Waals surface area (Å²) in [6, 6.07) is 7.27. The van der Waals surface area contributed by atoms with Crippen molar-refractivity contribution in [3.05, 3.63) is 29.8 Å². The Balaban J connectivity index is 1.78. The van der Waals surface area contributed by atoms with Gasteiger partial charge in [-0.3, -0.25) is 4.90 Å². The second kappa shape index (κ2) is 7.30. The van der Waals surface area contributed by atoms with Crippen molar-refractivity contribution in [2.24, 2.45) is 0 Å². The summed E-state index contributed by atoms with van der Waals surface area (Å²) in [5, 5.41) is 9.55. The van der Waals surface area contributed by atoms with Gasteiger partial charge in [0.25, 0.3) is 0 Å². The molecule has 2 atom stereocenters. The van der Waals surface area contributed by atoms with Crippen LogP contribution in [0.25, 0.3) is 0 Å². The molecular weight excluding hydrogens is 325 g/mol. The lowest BCUT2D eigenvalue weighted by atomic mass is 9.86. The van der Waals surface area contributed by atoms with Crippen molar-refractivity contribution in [1.29, 1.82) is 0 Å². The van der Waals surface area contributed by atoms with E-state index >= 15 is 4.39 Å². The minimum atomic E-state index is -2.26. The number of alkyl halides is 1. The Kier molecular flexibility index (Phi) is 5.29. The Morgan fingerprint density at radius 1 is 1.20 bits per heavy atom. The molecule has 0 radical (unpaired) electrons. The van der Waals surface area contributed by atoms with Crippen LogP contribution in [0.15, 0.2) is 24.3 Å². The standard InChI is InChI=1S/C19H26FNO4/c1-24-15-7-3-13(4-8-15)17-11-21(12-19(17,20)18(22)23)14-5-9-16(25-2)10-6-14/h3-4,7-8,14,16-17H,5-6,9-12H2,1-2H3,(H,22,23)/t14-,16-,17-,19-/m0/s1. The highest BCUT2D eigenvalue weighted by atomic mass is 19.1. The number of likely N-dealkylation sites (tertiary alicyclic amines) is 1. The molecule has 0 spiro atoms. The van der Waals surface area contributed by atoms with Gasteiger partial charge in [0.1, 0.15) is 5.75 Å². The van der Waals surface area contributed by atoms with E-state index < -0.39 is 17.6 Å². The van der Waals surface area contributed by atoms with E-state index in [1.807, 2.05) is 4.90 Å². The summed E-state index contributed by atoms with van der Waals surface area (Å²) < 4.78 is 25.9. The monoisotopic (exact) mass is 351 g/mol. The maximum absolute atomic E-state index is 15.4. The largest absolute Gasteiger partial charge is 0.497 e. The predicted octanol–water partition coefficient (Wildman–Crippen LogP) is 2.84. The molecule has 2 aliphatic rings. The van der Waals surface area contributed by atoms with Gasteiger partial charge in [0, 0.05) is 32.2 Å². The fraction of sp³-hybridized carbons (Fsp3) is 0.632. The molecule has 5 nitrogen and oxygen atoms in total. The van der Waals surface area contributed by atoms with Crippen molar-refractivity contribution in [3.8, 4) is 5.75 Å². The maximum Gasteiger partial charge on any atom is 0.343 e. The molecular formula is C19H26FNO4. The average Bonchev–Trinajstić information content (AvgIpc) is 3.01. The Hall–Kier alpha value is -1.66. The Morgan fingerprint density at radius 3 is 2.36 bits per heavy atom. The quantitative estimate of drug-likeness (QED) is 0.884. The van der Waals surface area contributed by atoms with Gasteiger partial charge in [0.15, 0.2) is 0 Å². The molecule has 1 aromatic rings. The van der Waals surface area contributed by atoms with Crippen molar-refractivity contribution in [2.45, 2.75) is 49.4 Å². The minimum Gasteiger partial charge on any atom is -0.497 e. The van der Waals surface area contributed by atoms with Crippen LogP contribution in [-0.4, -0.2) is 61.1 Å². The fourth-order valence-corrected chi connectivity index (χ4v) is 4.20. The highest BCUT2D eigenvalue weighted by Gasteiger charge is 2.55. The summed E-state index contributed by atoms with van der Waals surface area (Å²) in [4.78, 5) is 13.7. The highest BCUT2D eigenvalue weighted by molar-refractivity contribution is 5.80. The first-order valence-corrected chi connectivity index (χ1v) is 8.81. The molecule has 0 aromatic heterocycles. The number of aliphatic carboxylic acids is 1. The van der Waals surface area contributed by atoms with Gasteiger partial charge in [-0.15, -0.1) is 0 Å². The summed E-state index contributed by atoms with van der Waals surface area (Å²) in [6.07, 6.45) is 3.99. The van der Waals surface area contributed by atoms with Crippen molar-refractivity contribution in [3.63, 3.8) is 0 Å². The van der Waals surface area contributed by atoms with Crippen LogP contribution < -0.4 is 4.74 Å². The third-order valence-electron chi connectivity index (χ3n) is 5.77. The molecule has 1 aliphatic heterocycles.